The van der Waals surface area contributed by atoms with Gasteiger partial charge in [-0.1, -0.05) is 6.07 Å². The van der Waals surface area contributed by atoms with Crippen molar-refractivity contribution in [2.75, 3.05) is 29.6 Å². The van der Waals surface area contributed by atoms with E-state index in [1.165, 1.54) is 0 Å². The van der Waals surface area contributed by atoms with Crippen LogP contribution in [0.4, 0.5) is 11.5 Å². The van der Waals surface area contributed by atoms with Gasteiger partial charge in [0, 0.05) is 42.0 Å². The minimum Gasteiger partial charge on any atom is -0.355 e. The zero-order chi connectivity index (χ0) is 19.3. The highest BCUT2D eigenvalue weighted by Crippen LogP contribution is 2.24. The predicted octanol–water partition coefficient (Wildman–Crippen LogP) is 3.24. The van der Waals surface area contributed by atoms with Gasteiger partial charge in [0.25, 0.3) is 0 Å². The number of piperidine rings is 1. The molecule has 1 amide bonds. The third-order valence-corrected chi connectivity index (χ3v) is 5.63. The molecule has 0 unspecified atom stereocenters. The molecule has 8 heteroatoms. The van der Waals surface area contributed by atoms with E-state index >= 15 is 0 Å². The van der Waals surface area contributed by atoms with Crippen molar-refractivity contribution in [2.45, 2.75) is 17.7 Å². The van der Waals surface area contributed by atoms with Crippen molar-refractivity contribution in [3.8, 4) is 5.82 Å². The number of thioether (sulfide) groups is 1. The first-order valence-corrected chi connectivity index (χ1v) is 10.5. The lowest BCUT2D eigenvalue weighted by Gasteiger charge is -2.31. The lowest BCUT2D eigenvalue weighted by atomic mass is 9.96. The lowest BCUT2D eigenvalue weighted by Crippen LogP contribution is -2.38. The molecule has 1 saturated heterocycles. The summed E-state index contributed by atoms with van der Waals surface area (Å²) in [7, 11) is 0. The van der Waals surface area contributed by atoms with Gasteiger partial charge in [0.15, 0.2) is 11.6 Å². The molecule has 7 nitrogen and oxygen atoms in total. The van der Waals surface area contributed by atoms with Crippen LogP contribution < -0.4 is 10.2 Å². The van der Waals surface area contributed by atoms with E-state index in [0.717, 1.165) is 42.3 Å². The second kappa shape index (κ2) is 8.43. The summed E-state index contributed by atoms with van der Waals surface area (Å²) in [5.74, 6) is 1.64. The van der Waals surface area contributed by atoms with Crippen molar-refractivity contribution in [1.29, 1.82) is 0 Å². The lowest BCUT2D eigenvalue weighted by molar-refractivity contribution is -0.120. The number of hydrogen-bond acceptors (Lipinski definition) is 6. The molecule has 0 spiro atoms. The topological polar surface area (TPSA) is 75.9 Å². The number of hydrogen-bond donors (Lipinski definition) is 1. The number of amides is 1. The molecule has 3 heterocycles. The maximum Gasteiger partial charge on any atom is 0.227 e. The van der Waals surface area contributed by atoms with Gasteiger partial charge in [-0.25, -0.2) is 4.68 Å². The van der Waals surface area contributed by atoms with Crippen LogP contribution in [0.15, 0.2) is 59.8 Å². The van der Waals surface area contributed by atoms with Crippen molar-refractivity contribution in [3.63, 3.8) is 0 Å². The van der Waals surface area contributed by atoms with Crippen LogP contribution in [0.3, 0.4) is 0 Å². The molecule has 1 N–H and O–H groups in total. The van der Waals surface area contributed by atoms with E-state index < -0.39 is 0 Å². The zero-order valence-corrected chi connectivity index (χ0v) is 16.5. The van der Waals surface area contributed by atoms with Gasteiger partial charge >= 0.3 is 0 Å². The Labute approximate surface area is 168 Å². The average molecular weight is 395 g/mol. The van der Waals surface area contributed by atoms with E-state index in [-0.39, 0.29) is 11.8 Å². The number of nitrogens with one attached hydrogen (secondary N) is 1. The summed E-state index contributed by atoms with van der Waals surface area (Å²) >= 11 is 1.67. The van der Waals surface area contributed by atoms with Gasteiger partial charge in [-0.15, -0.1) is 22.0 Å². The molecule has 1 aliphatic rings. The Balaban J connectivity index is 1.33. The maximum atomic E-state index is 12.6. The van der Waals surface area contributed by atoms with E-state index in [9.17, 15) is 4.79 Å². The number of anilines is 2. The molecule has 0 radical (unpaired) electrons. The van der Waals surface area contributed by atoms with Crippen LogP contribution in [0, 0.1) is 5.92 Å². The van der Waals surface area contributed by atoms with Crippen LogP contribution in [-0.4, -0.2) is 45.2 Å². The second-order valence-corrected chi connectivity index (χ2v) is 7.56. The number of nitrogens with zero attached hydrogens (tertiary/aromatic N) is 5. The largest absolute Gasteiger partial charge is 0.355 e. The number of carbonyl (C=O) groups excluding carboxylic acids is 1. The zero-order valence-electron chi connectivity index (χ0n) is 15.7. The minimum absolute atomic E-state index is 0.0190. The van der Waals surface area contributed by atoms with Crippen LogP contribution in [0.25, 0.3) is 5.82 Å². The van der Waals surface area contributed by atoms with E-state index in [4.69, 9.17) is 0 Å². The Morgan fingerprint density at radius 2 is 1.89 bits per heavy atom. The number of benzene rings is 1. The molecule has 2 aromatic heterocycles. The molecule has 28 heavy (non-hydrogen) atoms. The molecule has 0 bridgehead atoms. The summed E-state index contributed by atoms with van der Waals surface area (Å²) in [5.41, 5.74) is 0.861. The van der Waals surface area contributed by atoms with Crippen molar-refractivity contribution >= 4 is 29.2 Å². The van der Waals surface area contributed by atoms with Gasteiger partial charge in [0.05, 0.1) is 0 Å². The van der Waals surface area contributed by atoms with E-state index in [1.54, 1.807) is 22.6 Å². The standard InChI is InChI=1S/C20H22N6OS/c1-28-17-5-2-4-16(14-17)22-20(27)15-8-12-25(13-9-15)18-6-7-19(24-23-18)26-11-3-10-21-26/h2-7,10-11,14-15H,8-9,12-13H2,1H3,(H,22,27). The van der Waals surface area contributed by atoms with E-state index in [2.05, 4.69) is 25.5 Å². The molecule has 144 valence electrons. The minimum atomic E-state index is 0.0190. The molecular formula is C20H22N6OS. The van der Waals surface area contributed by atoms with Gasteiger partial charge in [0.2, 0.25) is 5.91 Å². The monoisotopic (exact) mass is 394 g/mol. The van der Waals surface area contributed by atoms with Gasteiger partial charge < -0.3 is 10.2 Å². The highest BCUT2D eigenvalue weighted by atomic mass is 32.2. The van der Waals surface area contributed by atoms with E-state index in [1.807, 2.05) is 54.9 Å². The van der Waals surface area contributed by atoms with Crippen molar-refractivity contribution in [3.05, 3.63) is 54.9 Å². The molecule has 1 aromatic carbocycles. The normalized spacial score (nSPS) is 14.8. The number of rotatable bonds is 5. The third-order valence-electron chi connectivity index (χ3n) is 4.90. The summed E-state index contributed by atoms with van der Waals surface area (Å²) in [6, 6.07) is 13.7. The van der Waals surface area contributed by atoms with Crippen LogP contribution in [0.2, 0.25) is 0 Å². The third kappa shape index (κ3) is 4.17. The first kappa shape index (κ1) is 18.5. The quantitative estimate of drug-likeness (QED) is 0.670. The van der Waals surface area contributed by atoms with Gasteiger partial charge in [0.1, 0.15) is 0 Å². The fraction of sp³-hybridized carbons (Fsp3) is 0.300. The Bertz CT molecular complexity index is 920. The SMILES string of the molecule is CSc1cccc(NC(=O)C2CCN(c3ccc(-n4cccn4)nn3)CC2)c1. The highest BCUT2D eigenvalue weighted by molar-refractivity contribution is 7.98. The maximum absolute atomic E-state index is 12.6. The van der Waals surface area contributed by atoms with Crippen molar-refractivity contribution < 1.29 is 4.79 Å². The first-order valence-electron chi connectivity index (χ1n) is 9.26. The van der Waals surface area contributed by atoms with Crippen molar-refractivity contribution in [2.24, 2.45) is 5.92 Å². The van der Waals surface area contributed by atoms with Crippen LogP contribution in [-0.2, 0) is 4.79 Å². The predicted molar refractivity (Wildman–Crippen MR) is 111 cm³/mol. The van der Waals surface area contributed by atoms with Crippen LogP contribution >= 0.6 is 11.8 Å². The molecule has 1 fully saturated rings. The molecule has 0 aliphatic carbocycles. The highest BCUT2D eigenvalue weighted by Gasteiger charge is 2.26. The Morgan fingerprint density at radius 1 is 1.11 bits per heavy atom. The molecular weight excluding hydrogens is 372 g/mol. The van der Waals surface area contributed by atoms with Gasteiger partial charge in [-0.2, -0.15) is 5.10 Å². The molecule has 3 aromatic rings. The summed E-state index contributed by atoms with van der Waals surface area (Å²) in [4.78, 5) is 15.9. The first-order chi connectivity index (χ1) is 13.7. The molecule has 0 atom stereocenters. The molecule has 4 rings (SSSR count). The Morgan fingerprint density at radius 3 is 2.57 bits per heavy atom. The smallest absolute Gasteiger partial charge is 0.227 e. The number of aromatic nitrogens is 4. The summed E-state index contributed by atoms with van der Waals surface area (Å²) in [6.07, 6.45) is 7.18. The van der Waals surface area contributed by atoms with Gasteiger partial charge in [-0.3, -0.25) is 4.79 Å². The summed E-state index contributed by atoms with van der Waals surface area (Å²) in [5, 5.41) is 15.8. The summed E-state index contributed by atoms with van der Waals surface area (Å²) in [6.45, 7) is 1.58. The fourth-order valence-electron chi connectivity index (χ4n) is 3.33. The summed E-state index contributed by atoms with van der Waals surface area (Å²) < 4.78 is 1.68. The van der Waals surface area contributed by atoms with Crippen LogP contribution in [0.1, 0.15) is 12.8 Å². The Hall–Kier alpha value is -2.87. The number of carbonyl (C=O) groups is 1. The average Bonchev–Trinajstić information content (AvgIpc) is 3.29. The molecule has 0 saturated carbocycles. The fourth-order valence-corrected chi connectivity index (χ4v) is 3.79. The van der Waals surface area contributed by atoms with Crippen LogP contribution in [0.5, 0.6) is 0 Å². The Kier molecular flexibility index (Phi) is 5.57. The molecule has 1 aliphatic heterocycles. The van der Waals surface area contributed by atoms with E-state index in [0.29, 0.717) is 5.82 Å². The van der Waals surface area contributed by atoms with Crippen molar-refractivity contribution in [1.82, 2.24) is 20.0 Å². The second-order valence-electron chi connectivity index (χ2n) is 6.68. The van der Waals surface area contributed by atoms with Gasteiger partial charge in [-0.05, 0) is 55.5 Å².